The molecule has 1 aliphatic carbocycles. The minimum atomic E-state index is -0.907. The van der Waals surface area contributed by atoms with Gasteiger partial charge in [0.05, 0.1) is 0 Å². The molecule has 1 N–H and O–H groups in total. The van der Waals surface area contributed by atoms with Gasteiger partial charge in [-0.05, 0) is 53.4 Å². The number of hydrogen-bond acceptors (Lipinski definition) is 1. The minimum absolute atomic E-state index is 0.161. The quantitative estimate of drug-likeness (QED) is 0.665. The standard InChI is InChI=1S/C11H22FN/c1-10(2,3)13-9-5-7-11(4,12)8-6-9/h9,13H,5-8H2,1-4H3. The summed E-state index contributed by atoms with van der Waals surface area (Å²) in [6, 6.07) is 0.517. The van der Waals surface area contributed by atoms with Gasteiger partial charge < -0.3 is 5.32 Å². The average Bonchev–Trinajstić information content (AvgIpc) is 1.91. The van der Waals surface area contributed by atoms with Crippen LogP contribution in [0.2, 0.25) is 0 Å². The van der Waals surface area contributed by atoms with Crippen molar-refractivity contribution in [3.05, 3.63) is 0 Å². The maximum atomic E-state index is 13.4. The van der Waals surface area contributed by atoms with Gasteiger partial charge in [0.15, 0.2) is 0 Å². The van der Waals surface area contributed by atoms with Crippen LogP contribution in [-0.4, -0.2) is 17.2 Å². The first-order valence-corrected chi connectivity index (χ1v) is 5.25. The number of nitrogens with one attached hydrogen (secondary N) is 1. The van der Waals surface area contributed by atoms with Crippen molar-refractivity contribution in [3.63, 3.8) is 0 Å². The second-order valence-electron chi connectivity index (χ2n) is 5.58. The lowest BCUT2D eigenvalue weighted by Crippen LogP contribution is -2.46. The van der Waals surface area contributed by atoms with Gasteiger partial charge >= 0.3 is 0 Å². The van der Waals surface area contributed by atoms with Crippen LogP contribution in [0, 0.1) is 0 Å². The van der Waals surface area contributed by atoms with Gasteiger partial charge in [-0.3, -0.25) is 0 Å². The Bertz CT molecular complexity index is 159. The summed E-state index contributed by atoms with van der Waals surface area (Å²) in [6.45, 7) is 8.21. The molecule has 13 heavy (non-hydrogen) atoms. The van der Waals surface area contributed by atoms with Crippen LogP contribution in [0.15, 0.2) is 0 Å². The number of rotatable bonds is 1. The van der Waals surface area contributed by atoms with Crippen LogP contribution in [0.3, 0.4) is 0 Å². The summed E-state index contributed by atoms with van der Waals surface area (Å²) in [5, 5.41) is 3.53. The van der Waals surface area contributed by atoms with Crippen molar-refractivity contribution < 1.29 is 4.39 Å². The van der Waals surface area contributed by atoms with E-state index in [1.807, 2.05) is 0 Å². The normalized spacial score (nSPS) is 36.2. The molecule has 0 bridgehead atoms. The van der Waals surface area contributed by atoms with Crippen LogP contribution in [-0.2, 0) is 0 Å². The van der Waals surface area contributed by atoms with Crippen LogP contribution >= 0.6 is 0 Å². The molecule has 78 valence electrons. The molecule has 1 saturated carbocycles. The van der Waals surface area contributed by atoms with Crippen LogP contribution in [0.5, 0.6) is 0 Å². The van der Waals surface area contributed by atoms with Gasteiger partial charge in [0.1, 0.15) is 5.67 Å². The molecule has 0 spiro atoms. The van der Waals surface area contributed by atoms with E-state index in [0.717, 1.165) is 12.8 Å². The molecule has 0 aromatic heterocycles. The summed E-state index contributed by atoms with van der Waals surface area (Å²) in [6.07, 6.45) is 3.37. The lowest BCUT2D eigenvalue weighted by molar-refractivity contribution is 0.106. The fraction of sp³-hybridized carbons (Fsp3) is 1.00. The first-order valence-electron chi connectivity index (χ1n) is 5.25. The summed E-state index contributed by atoms with van der Waals surface area (Å²) in [4.78, 5) is 0. The third-order valence-electron chi connectivity index (χ3n) is 2.67. The predicted molar refractivity (Wildman–Crippen MR) is 54.7 cm³/mol. The maximum Gasteiger partial charge on any atom is 0.108 e. The Labute approximate surface area is 81.1 Å². The molecular formula is C11H22FN. The highest BCUT2D eigenvalue weighted by atomic mass is 19.1. The summed E-state index contributed by atoms with van der Waals surface area (Å²) in [5.41, 5.74) is -0.745. The first kappa shape index (κ1) is 11.0. The minimum Gasteiger partial charge on any atom is -0.309 e. The molecule has 0 heterocycles. The van der Waals surface area contributed by atoms with Gasteiger partial charge in [0.2, 0.25) is 0 Å². The molecule has 0 unspecified atom stereocenters. The van der Waals surface area contributed by atoms with Crippen molar-refractivity contribution in [3.8, 4) is 0 Å². The van der Waals surface area contributed by atoms with E-state index in [0.29, 0.717) is 18.9 Å². The first-order chi connectivity index (χ1) is 5.79. The van der Waals surface area contributed by atoms with Crippen molar-refractivity contribution >= 4 is 0 Å². The molecule has 1 rings (SSSR count). The Morgan fingerprint density at radius 2 is 1.69 bits per heavy atom. The van der Waals surface area contributed by atoms with E-state index in [9.17, 15) is 4.39 Å². The molecule has 0 radical (unpaired) electrons. The summed E-state index contributed by atoms with van der Waals surface area (Å²) in [5.74, 6) is 0. The zero-order chi connectivity index (χ0) is 10.1. The third kappa shape index (κ3) is 4.08. The van der Waals surface area contributed by atoms with E-state index >= 15 is 0 Å². The molecule has 1 fully saturated rings. The second-order valence-corrected chi connectivity index (χ2v) is 5.58. The summed E-state index contributed by atoms with van der Waals surface area (Å²) < 4.78 is 13.4. The van der Waals surface area contributed by atoms with E-state index in [-0.39, 0.29) is 5.54 Å². The average molecular weight is 187 g/mol. The lowest BCUT2D eigenvalue weighted by atomic mass is 9.84. The Balaban J connectivity index is 2.34. The second kappa shape index (κ2) is 3.56. The van der Waals surface area contributed by atoms with E-state index in [1.54, 1.807) is 6.92 Å². The van der Waals surface area contributed by atoms with Crippen molar-refractivity contribution in [2.45, 2.75) is 70.6 Å². The molecule has 1 aliphatic rings. The lowest BCUT2D eigenvalue weighted by Gasteiger charge is -2.35. The van der Waals surface area contributed by atoms with Gasteiger partial charge in [-0.1, -0.05) is 0 Å². The van der Waals surface area contributed by atoms with Gasteiger partial charge in [0.25, 0.3) is 0 Å². The Kier molecular flexibility index (Phi) is 3.01. The number of alkyl halides is 1. The summed E-state index contributed by atoms with van der Waals surface area (Å²) >= 11 is 0. The Morgan fingerprint density at radius 3 is 2.08 bits per heavy atom. The molecule has 0 saturated heterocycles. The Morgan fingerprint density at radius 1 is 1.23 bits per heavy atom. The molecular weight excluding hydrogens is 165 g/mol. The number of halogens is 1. The van der Waals surface area contributed by atoms with E-state index in [1.165, 1.54) is 0 Å². The topological polar surface area (TPSA) is 12.0 Å². The highest BCUT2D eigenvalue weighted by Crippen LogP contribution is 2.31. The van der Waals surface area contributed by atoms with Gasteiger partial charge in [-0.2, -0.15) is 0 Å². The molecule has 0 aliphatic heterocycles. The zero-order valence-electron chi connectivity index (χ0n) is 9.28. The van der Waals surface area contributed by atoms with E-state index in [4.69, 9.17) is 0 Å². The number of hydrogen-bond donors (Lipinski definition) is 1. The maximum absolute atomic E-state index is 13.4. The van der Waals surface area contributed by atoms with Crippen LogP contribution < -0.4 is 5.32 Å². The Hall–Kier alpha value is -0.110. The van der Waals surface area contributed by atoms with Crippen molar-refractivity contribution in [1.29, 1.82) is 0 Å². The predicted octanol–water partition coefficient (Wildman–Crippen LogP) is 3.05. The highest BCUT2D eigenvalue weighted by Gasteiger charge is 2.31. The van der Waals surface area contributed by atoms with Crippen molar-refractivity contribution in [1.82, 2.24) is 5.32 Å². The van der Waals surface area contributed by atoms with E-state index in [2.05, 4.69) is 26.1 Å². The molecule has 1 nitrogen and oxygen atoms in total. The highest BCUT2D eigenvalue weighted by molar-refractivity contribution is 4.87. The van der Waals surface area contributed by atoms with Gasteiger partial charge in [-0.25, -0.2) is 4.39 Å². The molecule has 0 atom stereocenters. The van der Waals surface area contributed by atoms with Gasteiger partial charge in [-0.15, -0.1) is 0 Å². The molecule has 0 aromatic carbocycles. The largest absolute Gasteiger partial charge is 0.309 e. The fourth-order valence-corrected chi connectivity index (χ4v) is 1.98. The monoisotopic (exact) mass is 187 g/mol. The summed E-state index contributed by atoms with van der Waals surface area (Å²) in [7, 11) is 0. The fourth-order valence-electron chi connectivity index (χ4n) is 1.98. The zero-order valence-corrected chi connectivity index (χ0v) is 9.28. The SMILES string of the molecule is CC1(F)CCC(NC(C)(C)C)CC1. The molecule has 0 aromatic rings. The smallest absolute Gasteiger partial charge is 0.108 e. The molecule has 2 heteroatoms. The van der Waals surface area contributed by atoms with Gasteiger partial charge in [0, 0.05) is 11.6 Å². The van der Waals surface area contributed by atoms with Crippen LogP contribution in [0.4, 0.5) is 4.39 Å². The molecule has 0 amide bonds. The van der Waals surface area contributed by atoms with E-state index < -0.39 is 5.67 Å². The third-order valence-corrected chi connectivity index (χ3v) is 2.67. The van der Waals surface area contributed by atoms with Crippen molar-refractivity contribution in [2.24, 2.45) is 0 Å². The van der Waals surface area contributed by atoms with Crippen LogP contribution in [0.1, 0.15) is 53.4 Å². The van der Waals surface area contributed by atoms with Crippen molar-refractivity contribution in [2.75, 3.05) is 0 Å². The van der Waals surface area contributed by atoms with Crippen LogP contribution in [0.25, 0.3) is 0 Å².